The van der Waals surface area contributed by atoms with E-state index < -0.39 is 0 Å². The van der Waals surface area contributed by atoms with Crippen LogP contribution in [0.4, 0.5) is 0 Å². The molecule has 0 aliphatic carbocycles. The molecule has 4 nitrogen and oxygen atoms in total. The third-order valence-electron chi connectivity index (χ3n) is 2.50. The first-order valence-corrected chi connectivity index (χ1v) is 5.07. The van der Waals surface area contributed by atoms with Crippen molar-refractivity contribution in [1.82, 2.24) is 9.38 Å². The van der Waals surface area contributed by atoms with E-state index in [0.717, 1.165) is 17.8 Å². The SMILES string of the molecule is NCC(CO)Cc1cn2ccccc2n1. The Balaban J connectivity index is 2.21. The van der Waals surface area contributed by atoms with Crippen molar-refractivity contribution >= 4 is 5.65 Å². The Bertz CT molecular complexity index is 401. The topological polar surface area (TPSA) is 63.5 Å². The summed E-state index contributed by atoms with van der Waals surface area (Å²) >= 11 is 0. The summed E-state index contributed by atoms with van der Waals surface area (Å²) in [7, 11) is 0. The number of pyridine rings is 1. The summed E-state index contributed by atoms with van der Waals surface area (Å²) in [6.07, 6.45) is 4.67. The number of aromatic nitrogens is 2. The number of hydrogen-bond donors (Lipinski definition) is 2. The molecule has 1 atom stereocenters. The number of rotatable bonds is 4. The molecule has 0 bridgehead atoms. The minimum atomic E-state index is 0.106. The van der Waals surface area contributed by atoms with Gasteiger partial charge in [-0.1, -0.05) is 6.07 Å². The molecule has 0 aromatic carbocycles. The van der Waals surface area contributed by atoms with Gasteiger partial charge < -0.3 is 15.2 Å². The molecule has 0 spiro atoms. The predicted octanol–water partition coefficient (Wildman–Crippen LogP) is 0.444. The van der Waals surface area contributed by atoms with Crippen molar-refractivity contribution in [3.05, 3.63) is 36.3 Å². The van der Waals surface area contributed by atoms with E-state index in [2.05, 4.69) is 4.98 Å². The van der Waals surface area contributed by atoms with Crippen LogP contribution < -0.4 is 5.73 Å². The maximum atomic E-state index is 9.05. The van der Waals surface area contributed by atoms with Gasteiger partial charge in [0.1, 0.15) is 5.65 Å². The van der Waals surface area contributed by atoms with Crippen LogP contribution in [-0.4, -0.2) is 27.6 Å². The van der Waals surface area contributed by atoms with Crippen LogP contribution in [0.3, 0.4) is 0 Å². The Morgan fingerprint density at radius 2 is 2.33 bits per heavy atom. The van der Waals surface area contributed by atoms with Gasteiger partial charge in [-0.3, -0.25) is 0 Å². The fourth-order valence-corrected chi connectivity index (χ4v) is 1.60. The summed E-state index contributed by atoms with van der Waals surface area (Å²) in [6.45, 7) is 0.606. The molecule has 2 aromatic rings. The predicted molar refractivity (Wildman–Crippen MR) is 58.5 cm³/mol. The molecule has 4 heteroatoms. The molecule has 0 aliphatic heterocycles. The molecule has 0 saturated heterocycles. The molecule has 0 amide bonds. The largest absolute Gasteiger partial charge is 0.396 e. The molecule has 2 aromatic heterocycles. The van der Waals surface area contributed by atoms with Gasteiger partial charge in [0.25, 0.3) is 0 Å². The first kappa shape index (κ1) is 10.1. The smallest absolute Gasteiger partial charge is 0.136 e. The molecule has 3 N–H and O–H groups in total. The van der Waals surface area contributed by atoms with Crippen LogP contribution >= 0.6 is 0 Å². The lowest BCUT2D eigenvalue weighted by molar-refractivity contribution is 0.229. The zero-order valence-electron chi connectivity index (χ0n) is 8.50. The van der Waals surface area contributed by atoms with Crippen LogP contribution in [0.25, 0.3) is 5.65 Å². The normalized spacial score (nSPS) is 13.2. The first-order chi connectivity index (χ1) is 7.33. The van der Waals surface area contributed by atoms with E-state index >= 15 is 0 Å². The lowest BCUT2D eigenvalue weighted by Gasteiger charge is -2.07. The molecule has 80 valence electrons. The van der Waals surface area contributed by atoms with E-state index in [1.54, 1.807) is 0 Å². The van der Waals surface area contributed by atoms with Gasteiger partial charge in [0.15, 0.2) is 0 Å². The first-order valence-electron chi connectivity index (χ1n) is 5.07. The molecular weight excluding hydrogens is 190 g/mol. The van der Waals surface area contributed by atoms with E-state index in [9.17, 15) is 0 Å². The number of hydrogen-bond acceptors (Lipinski definition) is 3. The minimum absolute atomic E-state index is 0.106. The Hall–Kier alpha value is -1.39. The summed E-state index contributed by atoms with van der Waals surface area (Å²) in [5, 5.41) is 9.05. The standard InChI is InChI=1S/C11H15N3O/c12-6-9(8-15)5-10-7-14-4-2-1-3-11(14)13-10/h1-4,7,9,15H,5-6,8,12H2. The molecule has 1 unspecified atom stereocenters. The van der Waals surface area contributed by atoms with Gasteiger partial charge in [-0.15, -0.1) is 0 Å². The average Bonchev–Trinajstić information content (AvgIpc) is 2.68. The van der Waals surface area contributed by atoms with Crippen molar-refractivity contribution in [2.45, 2.75) is 6.42 Å². The van der Waals surface area contributed by atoms with Crippen LogP contribution in [0.1, 0.15) is 5.69 Å². The Morgan fingerprint density at radius 3 is 3.00 bits per heavy atom. The number of aliphatic hydroxyl groups is 1. The van der Waals surface area contributed by atoms with Crippen LogP contribution in [0, 0.1) is 5.92 Å². The summed E-state index contributed by atoms with van der Waals surface area (Å²) < 4.78 is 1.97. The van der Waals surface area contributed by atoms with Gasteiger partial charge >= 0.3 is 0 Å². The average molecular weight is 205 g/mol. The fraction of sp³-hybridized carbons (Fsp3) is 0.364. The van der Waals surface area contributed by atoms with Crippen LogP contribution in [0.15, 0.2) is 30.6 Å². The van der Waals surface area contributed by atoms with Crippen molar-refractivity contribution in [2.24, 2.45) is 11.7 Å². The van der Waals surface area contributed by atoms with Gasteiger partial charge in [-0.2, -0.15) is 0 Å². The molecular formula is C11H15N3O. The van der Waals surface area contributed by atoms with Crippen molar-refractivity contribution in [3.8, 4) is 0 Å². The summed E-state index contributed by atoms with van der Waals surface area (Å²) in [4.78, 5) is 4.44. The number of fused-ring (bicyclic) bond motifs is 1. The van der Waals surface area contributed by atoms with E-state index in [1.165, 1.54) is 0 Å². The third kappa shape index (κ3) is 2.16. The lowest BCUT2D eigenvalue weighted by atomic mass is 10.1. The van der Waals surface area contributed by atoms with Gasteiger partial charge in [-0.05, 0) is 31.0 Å². The highest BCUT2D eigenvalue weighted by atomic mass is 16.3. The zero-order valence-corrected chi connectivity index (χ0v) is 8.50. The second kappa shape index (κ2) is 4.42. The molecule has 0 fully saturated rings. The maximum Gasteiger partial charge on any atom is 0.136 e. The number of imidazole rings is 1. The van der Waals surface area contributed by atoms with Gasteiger partial charge in [0.05, 0.1) is 5.69 Å². The second-order valence-electron chi connectivity index (χ2n) is 3.69. The highest BCUT2D eigenvalue weighted by Crippen LogP contribution is 2.09. The zero-order chi connectivity index (χ0) is 10.7. The van der Waals surface area contributed by atoms with E-state index in [1.807, 2.05) is 35.0 Å². The third-order valence-corrected chi connectivity index (χ3v) is 2.50. The summed E-state index contributed by atoms with van der Waals surface area (Å²) in [5.41, 5.74) is 7.44. The maximum absolute atomic E-state index is 9.05. The summed E-state index contributed by atoms with van der Waals surface area (Å²) in [6, 6.07) is 5.88. The van der Waals surface area contributed by atoms with E-state index in [4.69, 9.17) is 10.8 Å². The van der Waals surface area contributed by atoms with Crippen LogP contribution in [-0.2, 0) is 6.42 Å². The number of nitrogens with zero attached hydrogens (tertiary/aromatic N) is 2. The molecule has 0 saturated carbocycles. The Kier molecular flexibility index (Phi) is 2.99. The van der Waals surface area contributed by atoms with Crippen molar-refractivity contribution in [3.63, 3.8) is 0 Å². The Labute approximate surface area is 88.4 Å². The number of aliphatic hydroxyl groups excluding tert-OH is 1. The summed E-state index contributed by atoms with van der Waals surface area (Å²) in [5.74, 6) is 0.106. The van der Waals surface area contributed by atoms with Gasteiger partial charge in [-0.25, -0.2) is 4.98 Å². The molecule has 0 aliphatic rings. The van der Waals surface area contributed by atoms with Gasteiger partial charge in [0, 0.05) is 19.0 Å². The second-order valence-corrected chi connectivity index (χ2v) is 3.69. The van der Waals surface area contributed by atoms with Crippen molar-refractivity contribution in [2.75, 3.05) is 13.2 Å². The highest BCUT2D eigenvalue weighted by Gasteiger charge is 2.08. The lowest BCUT2D eigenvalue weighted by Crippen LogP contribution is -2.20. The van der Waals surface area contributed by atoms with Crippen molar-refractivity contribution < 1.29 is 5.11 Å². The van der Waals surface area contributed by atoms with Crippen molar-refractivity contribution in [1.29, 1.82) is 0 Å². The molecule has 2 rings (SSSR count). The quantitative estimate of drug-likeness (QED) is 0.761. The Morgan fingerprint density at radius 1 is 1.47 bits per heavy atom. The minimum Gasteiger partial charge on any atom is -0.396 e. The van der Waals surface area contributed by atoms with Gasteiger partial charge in [0.2, 0.25) is 0 Å². The molecule has 15 heavy (non-hydrogen) atoms. The molecule has 0 radical (unpaired) electrons. The molecule has 2 heterocycles. The van der Waals surface area contributed by atoms with Crippen LogP contribution in [0.2, 0.25) is 0 Å². The highest BCUT2D eigenvalue weighted by molar-refractivity contribution is 5.39. The van der Waals surface area contributed by atoms with E-state index in [0.29, 0.717) is 6.54 Å². The van der Waals surface area contributed by atoms with E-state index in [-0.39, 0.29) is 12.5 Å². The number of nitrogens with two attached hydrogens (primary N) is 1. The monoisotopic (exact) mass is 205 g/mol. The van der Waals surface area contributed by atoms with Crippen LogP contribution in [0.5, 0.6) is 0 Å². The fourth-order valence-electron chi connectivity index (χ4n) is 1.60.